The van der Waals surface area contributed by atoms with Gasteiger partial charge in [-0.1, -0.05) is 0 Å². The third kappa shape index (κ3) is 1.99. The van der Waals surface area contributed by atoms with Crippen LogP contribution >= 0.6 is 0 Å². The highest BCUT2D eigenvalue weighted by molar-refractivity contribution is 5.67. The molecule has 0 aliphatic rings. The van der Waals surface area contributed by atoms with E-state index < -0.39 is 0 Å². The summed E-state index contributed by atoms with van der Waals surface area (Å²) in [5.74, 6) is 1.65. The molecule has 4 nitrogen and oxygen atoms in total. The molecule has 0 amide bonds. The second-order valence-corrected chi connectivity index (χ2v) is 4.62. The van der Waals surface area contributed by atoms with E-state index in [0.717, 1.165) is 34.0 Å². The van der Waals surface area contributed by atoms with Crippen molar-refractivity contribution in [3.63, 3.8) is 0 Å². The lowest BCUT2D eigenvalue weighted by Crippen LogP contribution is -1.88. The molecule has 2 aromatic heterocycles. The molecule has 0 aliphatic heterocycles. The summed E-state index contributed by atoms with van der Waals surface area (Å²) in [6.45, 7) is 2.03. The van der Waals surface area contributed by atoms with E-state index in [9.17, 15) is 0 Å². The Morgan fingerprint density at radius 3 is 2.55 bits per heavy atom. The van der Waals surface area contributed by atoms with Crippen molar-refractivity contribution in [2.75, 3.05) is 14.2 Å². The molecule has 3 aromatic rings. The number of nitrogens with zero attached hydrogens (tertiary/aromatic N) is 2. The van der Waals surface area contributed by atoms with E-state index in [-0.39, 0.29) is 0 Å². The van der Waals surface area contributed by atoms with Gasteiger partial charge in [0.2, 0.25) is 0 Å². The Kier molecular flexibility index (Phi) is 3.06. The van der Waals surface area contributed by atoms with E-state index in [4.69, 9.17) is 9.47 Å². The van der Waals surface area contributed by atoms with Crippen LogP contribution in [-0.2, 0) is 0 Å². The fraction of sp³-hybridized carbons (Fsp3) is 0.188. The van der Waals surface area contributed by atoms with Gasteiger partial charge >= 0.3 is 0 Å². The normalized spacial score (nSPS) is 10.8. The zero-order valence-corrected chi connectivity index (χ0v) is 11.8. The van der Waals surface area contributed by atoms with Crippen LogP contribution in [0.4, 0.5) is 0 Å². The van der Waals surface area contributed by atoms with Crippen LogP contribution in [0.5, 0.6) is 11.5 Å². The first-order valence-corrected chi connectivity index (χ1v) is 6.39. The maximum atomic E-state index is 5.33. The number of hydrogen-bond donors (Lipinski definition) is 0. The number of ether oxygens (including phenoxy) is 2. The Balaban J connectivity index is 2.12. The van der Waals surface area contributed by atoms with Gasteiger partial charge in [-0.15, -0.1) is 0 Å². The van der Waals surface area contributed by atoms with Gasteiger partial charge in [0.05, 0.1) is 19.9 Å². The minimum Gasteiger partial charge on any atom is -0.496 e. The number of fused-ring (bicyclic) bond motifs is 1. The highest BCUT2D eigenvalue weighted by Gasteiger charge is 2.09. The van der Waals surface area contributed by atoms with Crippen LogP contribution in [-0.4, -0.2) is 23.6 Å². The first-order valence-electron chi connectivity index (χ1n) is 6.39. The fourth-order valence-corrected chi connectivity index (χ4v) is 2.32. The average Bonchev–Trinajstić information content (AvgIpc) is 2.91. The summed E-state index contributed by atoms with van der Waals surface area (Å²) in [7, 11) is 3.33. The molecule has 1 aromatic carbocycles. The molecule has 0 atom stereocenters. The number of hydrogen-bond acceptors (Lipinski definition) is 3. The average molecular weight is 268 g/mol. The predicted octanol–water partition coefficient (Wildman–Crippen LogP) is 3.33. The highest BCUT2D eigenvalue weighted by Crippen LogP contribution is 2.27. The van der Waals surface area contributed by atoms with E-state index in [2.05, 4.69) is 11.1 Å². The molecule has 0 bridgehead atoms. The molecule has 0 fully saturated rings. The van der Waals surface area contributed by atoms with Crippen LogP contribution in [0.2, 0.25) is 0 Å². The Hall–Kier alpha value is -2.49. The zero-order chi connectivity index (χ0) is 14.1. The van der Waals surface area contributed by atoms with Gasteiger partial charge in [-0.05, 0) is 42.8 Å². The maximum Gasteiger partial charge on any atom is 0.180 e. The summed E-state index contributed by atoms with van der Waals surface area (Å²) in [4.78, 5) is 4.65. The van der Waals surface area contributed by atoms with Crippen LogP contribution < -0.4 is 9.47 Å². The van der Waals surface area contributed by atoms with E-state index >= 15 is 0 Å². The highest BCUT2D eigenvalue weighted by atomic mass is 16.5. The van der Waals surface area contributed by atoms with E-state index in [1.807, 2.05) is 48.0 Å². The number of pyridine rings is 1. The third-order valence-electron chi connectivity index (χ3n) is 3.36. The van der Waals surface area contributed by atoms with Gasteiger partial charge in [-0.2, -0.15) is 0 Å². The minimum absolute atomic E-state index is 0.768. The smallest absolute Gasteiger partial charge is 0.180 e. The maximum absolute atomic E-state index is 5.33. The molecule has 0 radical (unpaired) electrons. The molecule has 102 valence electrons. The summed E-state index contributed by atoms with van der Waals surface area (Å²) in [5.41, 5.74) is 3.89. The van der Waals surface area contributed by atoms with Crippen LogP contribution in [0.3, 0.4) is 0 Å². The van der Waals surface area contributed by atoms with E-state index in [0.29, 0.717) is 0 Å². The first kappa shape index (κ1) is 12.5. The second kappa shape index (κ2) is 4.89. The van der Waals surface area contributed by atoms with Gasteiger partial charge in [-0.25, -0.2) is 4.98 Å². The Morgan fingerprint density at radius 1 is 1.05 bits per heavy atom. The first-order chi connectivity index (χ1) is 9.72. The van der Waals surface area contributed by atoms with Crippen molar-refractivity contribution in [2.45, 2.75) is 6.92 Å². The van der Waals surface area contributed by atoms with Crippen LogP contribution in [0.25, 0.3) is 16.9 Å². The number of methoxy groups -OCH3 is 2. The van der Waals surface area contributed by atoms with Gasteiger partial charge < -0.3 is 13.9 Å². The van der Waals surface area contributed by atoms with Crippen molar-refractivity contribution >= 4 is 5.65 Å². The predicted molar refractivity (Wildman–Crippen MR) is 78.5 cm³/mol. The number of aromatic nitrogens is 2. The van der Waals surface area contributed by atoms with Crippen molar-refractivity contribution in [2.24, 2.45) is 0 Å². The monoisotopic (exact) mass is 268 g/mol. The topological polar surface area (TPSA) is 35.8 Å². The molecular weight excluding hydrogens is 252 g/mol. The Labute approximate surface area is 117 Å². The number of aryl methyl sites for hydroxylation is 1. The van der Waals surface area contributed by atoms with Gasteiger partial charge in [0.15, 0.2) is 11.4 Å². The summed E-state index contributed by atoms with van der Waals surface area (Å²) in [6.07, 6.45) is 3.96. The van der Waals surface area contributed by atoms with Crippen molar-refractivity contribution in [1.29, 1.82) is 0 Å². The quantitative estimate of drug-likeness (QED) is 0.731. The van der Waals surface area contributed by atoms with E-state index in [1.165, 1.54) is 0 Å². The van der Waals surface area contributed by atoms with Crippen molar-refractivity contribution in [3.05, 3.63) is 48.3 Å². The Morgan fingerprint density at radius 2 is 1.85 bits per heavy atom. The zero-order valence-electron chi connectivity index (χ0n) is 11.8. The molecule has 0 spiro atoms. The lowest BCUT2D eigenvalue weighted by molar-refractivity contribution is 0.412. The molecule has 20 heavy (non-hydrogen) atoms. The van der Waals surface area contributed by atoms with Crippen molar-refractivity contribution in [1.82, 2.24) is 9.38 Å². The third-order valence-corrected chi connectivity index (χ3v) is 3.36. The summed E-state index contributed by atoms with van der Waals surface area (Å²) >= 11 is 0. The van der Waals surface area contributed by atoms with Gasteiger partial charge in [0, 0.05) is 18.0 Å². The number of rotatable bonds is 3. The fourth-order valence-electron chi connectivity index (χ4n) is 2.32. The molecule has 0 saturated carbocycles. The number of benzene rings is 1. The van der Waals surface area contributed by atoms with Gasteiger partial charge in [-0.3, -0.25) is 0 Å². The summed E-state index contributed by atoms with van der Waals surface area (Å²) in [5, 5.41) is 0. The minimum atomic E-state index is 0.768. The van der Waals surface area contributed by atoms with Crippen LogP contribution in [0, 0.1) is 6.92 Å². The van der Waals surface area contributed by atoms with Crippen LogP contribution in [0.15, 0.2) is 42.7 Å². The summed E-state index contributed by atoms with van der Waals surface area (Å²) < 4.78 is 12.6. The van der Waals surface area contributed by atoms with Gasteiger partial charge in [0.25, 0.3) is 0 Å². The number of imidazole rings is 1. The van der Waals surface area contributed by atoms with Crippen LogP contribution in [0.1, 0.15) is 5.56 Å². The molecule has 0 saturated heterocycles. The molecular formula is C16H16N2O2. The molecule has 0 unspecified atom stereocenters. The SMILES string of the molecule is COc1ccc(-c2cn3cccc(OC)c3n2)cc1C. The molecule has 2 heterocycles. The van der Waals surface area contributed by atoms with E-state index in [1.54, 1.807) is 14.2 Å². The molecule has 3 rings (SSSR count). The molecule has 0 aliphatic carbocycles. The lowest BCUT2D eigenvalue weighted by Gasteiger charge is -2.05. The molecule has 4 heteroatoms. The standard InChI is InChI=1S/C16H16N2O2/c1-11-9-12(6-7-14(11)19-2)13-10-18-8-4-5-15(20-3)16(18)17-13/h4-10H,1-3H3. The lowest BCUT2D eigenvalue weighted by atomic mass is 10.1. The van der Waals surface area contributed by atoms with Crippen molar-refractivity contribution < 1.29 is 9.47 Å². The molecule has 0 N–H and O–H groups in total. The second-order valence-electron chi connectivity index (χ2n) is 4.62. The van der Waals surface area contributed by atoms with Crippen molar-refractivity contribution in [3.8, 4) is 22.8 Å². The Bertz CT molecular complexity index is 762. The summed E-state index contributed by atoms with van der Waals surface area (Å²) in [6, 6.07) is 9.90. The van der Waals surface area contributed by atoms with Gasteiger partial charge in [0.1, 0.15) is 5.75 Å². The largest absolute Gasteiger partial charge is 0.496 e.